The SMILES string of the molecule is CC(Nc1cccc(F)c1C#N)c1cccc(O)c1. The summed E-state index contributed by atoms with van der Waals surface area (Å²) in [5.74, 6) is -0.374. The maximum absolute atomic E-state index is 13.5. The molecule has 0 saturated heterocycles. The number of nitrogens with one attached hydrogen (secondary N) is 1. The lowest BCUT2D eigenvalue weighted by molar-refractivity contribution is 0.474. The van der Waals surface area contributed by atoms with Gasteiger partial charge in [0.25, 0.3) is 0 Å². The van der Waals surface area contributed by atoms with Crippen molar-refractivity contribution in [2.24, 2.45) is 0 Å². The van der Waals surface area contributed by atoms with Gasteiger partial charge in [-0.3, -0.25) is 0 Å². The number of phenolic OH excluding ortho intramolecular Hbond substituents is 1. The Balaban J connectivity index is 2.27. The van der Waals surface area contributed by atoms with E-state index in [0.717, 1.165) is 5.56 Å². The second-order valence-electron chi connectivity index (χ2n) is 4.24. The quantitative estimate of drug-likeness (QED) is 0.882. The Kier molecular flexibility index (Phi) is 3.67. The number of nitrogens with zero attached hydrogens (tertiary/aromatic N) is 1. The third kappa shape index (κ3) is 2.83. The van der Waals surface area contributed by atoms with Gasteiger partial charge in [-0.2, -0.15) is 5.26 Å². The lowest BCUT2D eigenvalue weighted by Crippen LogP contribution is -2.08. The van der Waals surface area contributed by atoms with Gasteiger partial charge in [0.2, 0.25) is 0 Å². The van der Waals surface area contributed by atoms with E-state index in [2.05, 4.69) is 5.32 Å². The number of nitriles is 1. The van der Waals surface area contributed by atoms with Gasteiger partial charge < -0.3 is 10.4 Å². The molecular formula is C15H13FN2O. The number of halogens is 1. The van der Waals surface area contributed by atoms with Crippen LogP contribution in [0.3, 0.4) is 0 Å². The third-order valence-electron chi connectivity index (χ3n) is 2.87. The molecule has 96 valence electrons. The van der Waals surface area contributed by atoms with Gasteiger partial charge in [0.15, 0.2) is 0 Å². The van der Waals surface area contributed by atoms with Gasteiger partial charge in [-0.15, -0.1) is 0 Å². The summed E-state index contributed by atoms with van der Waals surface area (Å²) in [7, 11) is 0. The fourth-order valence-electron chi connectivity index (χ4n) is 1.87. The van der Waals surface area contributed by atoms with E-state index in [4.69, 9.17) is 5.26 Å². The van der Waals surface area contributed by atoms with E-state index in [0.29, 0.717) is 5.69 Å². The third-order valence-corrected chi connectivity index (χ3v) is 2.87. The van der Waals surface area contributed by atoms with E-state index in [-0.39, 0.29) is 17.4 Å². The van der Waals surface area contributed by atoms with Crippen molar-refractivity contribution in [3.05, 3.63) is 59.4 Å². The molecule has 0 aliphatic heterocycles. The predicted molar refractivity (Wildman–Crippen MR) is 71.3 cm³/mol. The minimum atomic E-state index is -0.546. The summed E-state index contributed by atoms with van der Waals surface area (Å²) in [4.78, 5) is 0. The molecule has 0 saturated carbocycles. The molecule has 0 aliphatic carbocycles. The Morgan fingerprint density at radius 3 is 2.68 bits per heavy atom. The number of anilines is 1. The molecule has 2 aromatic carbocycles. The number of benzene rings is 2. The van der Waals surface area contributed by atoms with Gasteiger partial charge in [-0.05, 0) is 36.8 Å². The first kappa shape index (κ1) is 12.9. The Hall–Kier alpha value is -2.54. The summed E-state index contributed by atoms with van der Waals surface area (Å²) in [6, 6.07) is 12.9. The average Bonchev–Trinajstić information content (AvgIpc) is 2.39. The summed E-state index contributed by atoms with van der Waals surface area (Å²) < 4.78 is 13.5. The molecule has 0 fully saturated rings. The van der Waals surface area contributed by atoms with Crippen molar-refractivity contribution in [3.63, 3.8) is 0 Å². The van der Waals surface area contributed by atoms with E-state index in [1.165, 1.54) is 6.07 Å². The van der Waals surface area contributed by atoms with Crippen molar-refractivity contribution in [1.82, 2.24) is 0 Å². The molecule has 19 heavy (non-hydrogen) atoms. The van der Waals surface area contributed by atoms with Gasteiger partial charge >= 0.3 is 0 Å². The zero-order valence-electron chi connectivity index (χ0n) is 10.4. The highest BCUT2D eigenvalue weighted by atomic mass is 19.1. The molecule has 0 bridgehead atoms. The van der Waals surface area contributed by atoms with Crippen LogP contribution in [0.5, 0.6) is 5.75 Å². The number of hydrogen-bond donors (Lipinski definition) is 2. The van der Waals surface area contributed by atoms with Crippen molar-refractivity contribution in [2.75, 3.05) is 5.32 Å². The van der Waals surface area contributed by atoms with Crippen LogP contribution in [0.15, 0.2) is 42.5 Å². The van der Waals surface area contributed by atoms with Gasteiger partial charge in [0.1, 0.15) is 23.2 Å². The molecule has 0 aliphatic rings. The van der Waals surface area contributed by atoms with Crippen molar-refractivity contribution in [3.8, 4) is 11.8 Å². The molecule has 0 spiro atoms. The molecule has 1 unspecified atom stereocenters. The summed E-state index contributed by atoms with van der Waals surface area (Å²) in [5.41, 5.74) is 1.29. The molecule has 0 amide bonds. The average molecular weight is 256 g/mol. The van der Waals surface area contributed by atoms with E-state index in [1.54, 1.807) is 30.3 Å². The van der Waals surface area contributed by atoms with Crippen LogP contribution < -0.4 is 5.32 Å². The van der Waals surface area contributed by atoms with Crippen molar-refractivity contribution < 1.29 is 9.50 Å². The van der Waals surface area contributed by atoms with Crippen molar-refractivity contribution in [1.29, 1.82) is 5.26 Å². The van der Waals surface area contributed by atoms with Gasteiger partial charge in [-0.1, -0.05) is 18.2 Å². The van der Waals surface area contributed by atoms with Crippen LogP contribution in [0.4, 0.5) is 10.1 Å². The van der Waals surface area contributed by atoms with E-state index >= 15 is 0 Å². The van der Waals surface area contributed by atoms with Crippen molar-refractivity contribution >= 4 is 5.69 Å². The standard InChI is InChI=1S/C15H13FN2O/c1-10(11-4-2-5-12(19)8-11)18-15-7-3-6-14(16)13(15)9-17/h2-8,10,18-19H,1H3. The largest absolute Gasteiger partial charge is 0.508 e. The fourth-order valence-corrected chi connectivity index (χ4v) is 1.87. The van der Waals surface area contributed by atoms with Crippen LogP contribution >= 0.6 is 0 Å². The summed E-state index contributed by atoms with van der Waals surface area (Å²) >= 11 is 0. The van der Waals surface area contributed by atoms with E-state index in [1.807, 2.05) is 19.1 Å². The Bertz CT molecular complexity index is 634. The Labute approximate surface area is 110 Å². The topological polar surface area (TPSA) is 56.0 Å². The van der Waals surface area contributed by atoms with E-state index < -0.39 is 5.82 Å². The maximum Gasteiger partial charge on any atom is 0.143 e. The first-order valence-corrected chi connectivity index (χ1v) is 5.86. The molecule has 0 radical (unpaired) electrons. The summed E-state index contributed by atoms with van der Waals surface area (Å²) in [5, 5.41) is 21.5. The lowest BCUT2D eigenvalue weighted by atomic mass is 10.1. The number of hydrogen-bond acceptors (Lipinski definition) is 3. The number of aromatic hydroxyl groups is 1. The van der Waals surface area contributed by atoms with Gasteiger partial charge in [0.05, 0.1) is 5.69 Å². The zero-order chi connectivity index (χ0) is 13.8. The van der Waals surface area contributed by atoms with E-state index in [9.17, 15) is 9.50 Å². The second-order valence-corrected chi connectivity index (χ2v) is 4.24. The molecule has 4 heteroatoms. The minimum absolute atomic E-state index is 0.00509. The minimum Gasteiger partial charge on any atom is -0.508 e. The molecule has 2 rings (SSSR count). The number of phenols is 1. The van der Waals surface area contributed by atoms with Crippen LogP contribution in [-0.2, 0) is 0 Å². The van der Waals surface area contributed by atoms with Crippen LogP contribution in [0.25, 0.3) is 0 Å². The molecule has 0 aromatic heterocycles. The maximum atomic E-state index is 13.5. The van der Waals surface area contributed by atoms with Crippen LogP contribution in [0.1, 0.15) is 24.1 Å². The number of rotatable bonds is 3. The molecule has 2 N–H and O–H groups in total. The predicted octanol–water partition coefficient (Wildman–Crippen LogP) is 3.58. The monoisotopic (exact) mass is 256 g/mol. The second kappa shape index (κ2) is 5.40. The Morgan fingerprint density at radius 1 is 1.26 bits per heavy atom. The highest BCUT2D eigenvalue weighted by Crippen LogP contribution is 2.25. The summed E-state index contributed by atoms with van der Waals surface area (Å²) in [6.45, 7) is 1.88. The normalized spacial score (nSPS) is 11.6. The first-order chi connectivity index (χ1) is 9.11. The van der Waals surface area contributed by atoms with Crippen LogP contribution in [0, 0.1) is 17.1 Å². The van der Waals surface area contributed by atoms with Crippen molar-refractivity contribution in [2.45, 2.75) is 13.0 Å². The lowest BCUT2D eigenvalue weighted by Gasteiger charge is -2.17. The highest BCUT2D eigenvalue weighted by Gasteiger charge is 2.11. The van der Waals surface area contributed by atoms with Gasteiger partial charge in [0, 0.05) is 6.04 Å². The smallest absolute Gasteiger partial charge is 0.143 e. The molecule has 1 atom stereocenters. The summed E-state index contributed by atoms with van der Waals surface area (Å²) in [6.07, 6.45) is 0. The molecular weight excluding hydrogens is 243 g/mol. The first-order valence-electron chi connectivity index (χ1n) is 5.86. The van der Waals surface area contributed by atoms with Crippen LogP contribution in [-0.4, -0.2) is 5.11 Å². The zero-order valence-corrected chi connectivity index (χ0v) is 10.4. The van der Waals surface area contributed by atoms with Crippen LogP contribution in [0.2, 0.25) is 0 Å². The molecule has 3 nitrogen and oxygen atoms in total. The Morgan fingerprint density at radius 2 is 2.00 bits per heavy atom. The highest BCUT2D eigenvalue weighted by molar-refractivity contribution is 5.59. The van der Waals surface area contributed by atoms with Gasteiger partial charge in [-0.25, -0.2) is 4.39 Å². The fraction of sp³-hybridized carbons (Fsp3) is 0.133. The molecule has 0 heterocycles. The molecule has 2 aromatic rings.